The van der Waals surface area contributed by atoms with Crippen LogP contribution in [0.5, 0.6) is 0 Å². The van der Waals surface area contributed by atoms with Gasteiger partial charge in [-0.15, -0.1) is 0 Å². The van der Waals surface area contributed by atoms with E-state index in [0.717, 1.165) is 31.7 Å². The molecule has 1 saturated heterocycles. The summed E-state index contributed by atoms with van der Waals surface area (Å²) in [4.78, 5) is 14.3. The number of nitrogens with zero attached hydrogens (tertiary/aromatic N) is 2. The maximum Gasteiger partial charge on any atom is 0.224 e. The number of carbonyl (C=O) groups excluding carboxylic acids is 1. The average molecular weight is 250 g/mol. The fourth-order valence-corrected chi connectivity index (χ4v) is 2.35. The highest BCUT2D eigenvalue weighted by atomic mass is 16.1. The van der Waals surface area contributed by atoms with Crippen LogP contribution < -0.4 is 5.32 Å². The SMILES string of the molecule is C[C@H](CN1CCCC1)C(=O)NCCc1ccn[nH]1. The molecule has 1 aromatic rings. The maximum atomic E-state index is 11.9. The normalized spacial score (nSPS) is 17.8. The minimum absolute atomic E-state index is 0.0740. The van der Waals surface area contributed by atoms with Crippen LogP contribution in [0.3, 0.4) is 0 Å². The van der Waals surface area contributed by atoms with Crippen molar-refractivity contribution in [1.82, 2.24) is 20.4 Å². The molecule has 18 heavy (non-hydrogen) atoms. The quantitative estimate of drug-likeness (QED) is 0.785. The first-order valence-electron chi connectivity index (χ1n) is 6.74. The number of nitrogens with one attached hydrogen (secondary N) is 2. The lowest BCUT2D eigenvalue weighted by atomic mass is 10.1. The maximum absolute atomic E-state index is 11.9. The van der Waals surface area contributed by atoms with E-state index in [9.17, 15) is 4.79 Å². The monoisotopic (exact) mass is 250 g/mol. The van der Waals surface area contributed by atoms with Gasteiger partial charge in [-0.25, -0.2) is 0 Å². The van der Waals surface area contributed by atoms with Gasteiger partial charge in [0.25, 0.3) is 0 Å². The molecule has 0 saturated carbocycles. The van der Waals surface area contributed by atoms with Crippen LogP contribution in [-0.4, -0.2) is 47.2 Å². The van der Waals surface area contributed by atoms with E-state index in [2.05, 4.69) is 20.4 Å². The Hall–Kier alpha value is -1.36. The van der Waals surface area contributed by atoms with E-state index in [1.54, 1.807) is 6.20 Å². The Morgan fingerprint density at radius 1 is 1.56 bits per heavy atom. The van der Waals surface area contributed by atoms with Crippen LogP contribution in [0.1, 0.15) is 25.5 Å². The molecule has 5 nitrogen and oxygen atoms in total. The molecule has 1 aromatic heterocycles. The van der Waals surface area contributed by atoms with Crippen LogP contribution >= 0.6 is 0 Å². The standard InChI is InChI=1S/C13H22N4O/c1-11(10-17-8-2-3-9-17)13(18)14-6-4-12-5-7-15-16-12/h5,7,11H,2-4,6,8-10H2,1H3,(H,14,18)(H,15,16)/t11-/m1/s1. The summed E-state index contributed by atoms with van der Waals surface area (Å²) in [6.07, 6.45) is 5.08. The fraction of sp³-hybridized carbons (Fsp3) is 0.692. The van der Waals surface area contributed by atoms with Gasteiger partial charge in [-0.3, -0.25) is 9.89 Å². The number of hydrogen-bond donors (Lipinski definition) is 2. The van der Waals surface area contributed by atoms with Gasteiger partial charge in [0.05, 0.1) is 0 Å². The Kier molecular flexibility index (Phi) is 4.75. The lowest BCUT2D eigenvalue weighted by Crippen LogP contribution is -2.37. The lowest BCUT2D eigenvalue weighted by molar-refractivity contribution is -0.124. The van der Waals surface area contributed by atoms with Crippen molar-refractivity contribution < 1.29 is 4.79 Å². The molecule has 100 valence electrons. The van der Waals surface area contributed by atoms with Crippen molar-refractivity contribution in [3.05, 3.63) is 18.0 Å². The van der Waals surface area contributed by atoms with Crippen LogP contribution in [0.15, 0.2) is 12.3 Å². The molecule has 2 rings (SSSR count). The van der Waals surface area contributed by atoms with Crippen LogP contribution in [0.25, 0.3) is 0 Å². The van der Waals surface area contributed by atoms with Crippen molar-refractivity contribution in [3.8, 4) is 0 Å². The summed E-state index contributed by atoms with van der Waals surface area (Å²) in [7, 11) is 0. The van der Waals surface area contributed by atoms with Gasteiger partial charge >= 0.3 is 0 Å². The number of amides is 1. The zero-order chi connectivity index (χ0) is 12.8. The van der Waals surface area contributed by atoms with Gasteiger partial charge in [-0.1, -0.05) is 6.92 Å². The van der Waals surface area contributed by atoms with Crippen molar-refractivity contribution in [1.29, 1.82) is 0 Å². The second kappa shape index (κ2) is 6.54. The highest BCUT2D eigenvalue weighted by Crippen LogP contribution is 2.10. The molecule has 0 aliphatic carbocycles. The molecule has 0 unspecified atom stereocenters. The summed E-state index contributed by atoms with van der Waals surface area (Å²) in [5.41, 5.74) is 1.06. The number of aromatic amines is 1. The highest BCUT2D eigenvalue weighted by Gasteiger charge is 2.19. The molecule has 1 atom stereocenters. The lowest BCUT2D eigenvalue weighted by Gasteiger charge is -2.19. The molecule has 2 heterocycles. The van der Waals surface area contributed by atoms with Crippen molar-refractivity contribution in [2.24, 2.45) is 5.92 Å². The first-order valence-corrected chi connectivity index (χ1v) is 6.74. The van der Waals surface area contributed by atoms with Crippen LogP contribution in [-0.2, 0) is 11.2 Å². The number of rotatable bonds is 6. The van der Waals surface area contributed by atoms with Gasteiger partial charge in [0.15, 0.2) is 0 Å². The largest absolute Gasteiger partial charge is 0.355 e. The van der Waals surface area contributed by atoms with Crippen LogP contribution in [0.2, 0.25) is 0 Å². The third kappa shape index (κ3) is 3.84. The van der Waals surface area contributed by atoms with Crippen molar-refractivity contribution in [2.75, 3.05) is 26.2 Å². The summed E-state index contributed by atoms with van der Waals surface area (Å²) < 4.78 is 0. The van der Waals surface area contributed by atoms with Gasteiger partial charge in [0.1, 0.15) is 0 Å². The zero-order valence-electron chi connectivity index (χ0n) is 11.0. The molecule has 1 amide bonds. The van der Waals surface area contributed by atoms with E-state index in [1.165, 1.54) is 12.8 Å². The summed E-state index contributed by atoms with van der Waals surface area (Å²) in [5.74, 6) is 0.228. The molecule has 1 fully saturated rings. The molecule has 1 aliphatic heterocycles. The first-order chi connectivity index (χ1) is 8.75. The highest BCUT2D eigenvalue weighted by molar-refractivity contribution is 5.78. The number of hydrogen-bond acceptors (Lipinski definition) is 3. The van der Waals surface area contributed by atoms with Crippen molar-refractivity contribution >= 4 is 5.91 Å². The van der Waals surface area contributed by atoms with Gasteiger partial charge < -0.3 is 10.2 Å². The molecule has 0 spiro atoms. The summed E-state index contributed by atoms with van der Waals surface area (Å²) in [6.45, 7) is 5.85. The zero-order valence-corrected chi connectivity index (χ0v) is 11.0. The number of likely N-dealkylation sites (tertiary alicyclic amines) is 1. The van der Waals surface area contributed by atoms with Gasteiger partial charge in [-0.05, 0) is 32.0 Å². The molecule has 0 radical (unpaired) electrons. The summed E-state index contributed by atoms with van der Waals surface area (Å²) in [5, 5.41) is 9.75. The van der Waals surface area contributed by atoms with Gasteiger partial charge in [0.2, 0.25) is 5.91 Å². The van der Waals surface area contributed by atoms with Crippen molar-refractivity contribution in [2.45, 2.75) is 26.2 Å². The van der Waals surface area contributed by atoms with E-state index in [1.807, 2.05) is 13.0 Å². The van der Waals surface area contributed by atoms with Gasteiger partial charge in [0, 0.05) is 37.3 Å². The van der Waals surface area contributed by atoms with E-state index in [0.29, 0.717) is 6.54 Å². The van der Waals surface area contributed by atoms with E-state index in [4.69, 9.17) is 0 Å². The molecular weight excluding hydrogens is 228 g/mol. The fourth-order valence-electron chi connectivity index (χ4n) is 2.35. The predicted octanol–water partition coefficient (Wildman–Crippen LogP) is 0.800. The van der Waals surface area contributed by atoms with Crippen LogP contribution in [0, 0.1) is 5.92 Å². The Bertz CT molecular complexity index is 357. The van der Waals surface area contributed by atoms with Crippen molar-refractivity contribution in [3.63, 3.8) is 0 Å². The van der Waals surface area contributed by atoms with E-state index < -0.39 is 0 Å². The number of carbonyl (C=O) groups is 1. The summed E-state index contributed by atoms with van der Waals surface area (Å²) >= 11 is 0. The Balaban J connectivity index is 1.64. The molecule has 0 aromatic carbocycles. The minimum atomic E-state index is 0.0740. The second-order valence-corrected chi connectivity index (χ2v) is 5.03. The van der Waals surface area contributed by atoms with Crippen LogP contribution in [0.4, 0.5) is 0 Å². The number of H-pyrrole nitrogens is 1. The summed E-state index contributed by atoms with van der Waals surface area (Å²) in [6, 6.07) is 1.93. The Morgan fingerprint density at radius 2 is 2.33 bits per heavy atom. The third-order valence-corrected chi connectivity index (χ3v) is 3.43. The third-order valence-electron chi connectivity index (χ3n) is 3.43. The molecule has 5 heteroatoms. The second-order valence-electron chi connectivity index (χ2n) is 5.03. The molecule has 2 N–H and O–H groups in total. The minimum Gasteiger partial charge on any atom is -0.355 e. The average Bonchev–Trinajstić information content (AvgIpc) is 3.01. The number of aromatic nitrogens is 2. The predicted molar refractivity (Wildman–Crippen MR) is 70.1 cm³/mol. The van der Waals surface area contributed by atoms with E-state index >= 15 is 0 Å². The van der Waals surface area contributed by atoms with E-state index in [-0.39, 0.29) is 11.8 Å². The molecular formula is C13H22N4O. The van der Waals surface area contributed by atoms with Gasteiger partial charge in [-0.2, -0.15) is 5.10 Å². The Labute approximate surface area is 108 Å². The molecule has 1 aliphatic rings. The molecule has 0 bridgehead atoms. The topological polar surface area (TPSA) is 61.0 Å². The smallest absolute Gasteiger partial charge is 0.224 e. The first kappa shape index (κ1) is 13.1. The Morgan fingerprint density at radius 3 is 3.00 bits per heavy atom.